The number of aliphatic hydroxyl groups is 1. The second-order valence-electron chi connectivity index (χ2n) is 7.35. The minimum Gasteiger partial charge on any atom is -0.444 e. The van der Waals surface area contributed by atoms with Gasteiger partial charge in [-0.1, -0.05) is 12.1 Å². The van der Waals surface area contributed by atoms with Gasteiger partial charge in [-0.05, 0) is 51.8 Å². The molecule has 0 bridgehead atoms. The van der Waals surface area contributed by atoms with Gasteiger partial charge in [-0.15, -0.1) is 0 Å². The summed E-state index contributed by atoms with van der Waals surface area (Å²) >= 11 is 0. The lowest BCUT2D eigenvalue weighted by Crippen LogP contribution is -2.45. The molecule has 2 amide bonds. The van der Waals surface area contributed by atoms with Gasteiger partial charge in [0, 0.05) is 12.1 Å². The molecule has 1 heterocycles. The number of nitrogens with zero attached hydrogens (tertiary/aromatic N) is 1. The van der Waals surface area contributed by atoms with Crippen LogP contribution in [0, 0.1) is 13.8 Å². The maximum Gasteiger partial charge on any atom is 0.411 e. The van der Waals surface area contributed by atoms with Crippen LogP contribution in [0.4, 0.5) is 10.5 Å². The molecule has 0 aromatic heterocycles. The molecular weight excluding hydrogens is 308 g/mol. The van der Waals surface area contributed by atoms with Crippen molar-refractivity contribution in [2.24, 2.45) is 0 Å². The third-order valence-electron chi connectivity index (χ3n) is 3.86. The van der Waals surface area contributed by atoms with Gasteiger partial charge in [0.1, 0.15) is 11.6 Å². The molecule has 6 nitrogen and oxygen atoms in total. The van der Waals surface area contributed by atoms with Crippen molar-refractivity contribution < 1.29 is 19.4 Å². The van der Waals surface area contributed by atoms with Gasteiger partial charge in [0.25, 0.3) is 0 Å². The number of aryl methyl sites for hydroxylation is 2. The number of carbonyl (C=O) groups excluding carboxylic acids is 2. The number of carbonyl (C=O) groups is 2. The first-order chi connectivity index (χ1) is 11.1. The van der Waals surface area contributed by atoms with Gasteiger partial charge in [-0.25, -0.2) is 4.79 Å². The number of ether oxygens (including phenoxy) is 1. The third kappa shape index (κ3) is 4.47. The van der Waals surface area contributed by atoms with E-state index in [1.807, 2.05) is 32.0 Å². The summed E-state index contributed by atoms with van der Waals surface area (Å²) in [6.07, 6.45) is -1.11. The van der Waals surface area contributed by atoms with Crippen molar-refractivity contribution in [2.75, 3.05) is 11.9 Å². The summed E-state index contributed by atoms with van der Waals surface area (Å²) in [6.45, 7) is 9.25. The van der Waals surface area contributed by atoms with Gasteiger partial charge in [0.2, 0.25) is 5.91 Å². The Hall–Kier alpha value is -2.08. The lowest BCUT2D eigenvalue weighted by atomic mass is 10.1. The highest BCUT2D eigenvalue weighted by Crippen LogP contribution is 2.24. The van der Waals surface area contributed by atoms with E-state index in [1.165, 1.54) is 4.90 Å². The Morgan fingerprint density at radius 1 is 1.29 bits per heavy atom. The first kappa shape index (κ1) is 18.3. The van der Waals surface area contributed by atoms with Crippen LogP contribution in [0.3, 0.4) is 0 Å². The zero-order valence-corrected chi connectivity index (χ0v) is 14.9. The Balaban J connectivity index is 2.14. The number of anilines is 1. The number of benzene rings is 1. The van der Waals surface area contributed by atoms with Crippen molar-refractivity contribution in [3.05, 3.63) is 29.3 Å². The summed E-state index contributed by atoms with van der Waals surface area (Å²) in [5, 5.41) is 12.8. The zero-order valence-electron chi connectivity index (χ0n) is 14.9. The summed E-state index contributed by atoms with van der Waals surface area (Å²) in [7, 11) is 0. The number of amides is 2. The van der Waals surface area contributed by atoms with E-state index in [0.29, 0.717) is 5.69 Å². The van der Waals surface area contributed by atoms with Crippen molar-refractivity contribution in [1.82, 2.24) is 4.90 Å². The van der Waals surface area contributed by atoms with E-state index in [-0.39, 0.29) is 18.9 Å². The molecule has 24 heavy (non-hydrogen) atoms. The predicted molar refractivity (Wildman–Crippen MR) is 91.9 cm³/mol. The summed E-state index contributed by atoms with van der Waals surface area (Å²) in [4.78, 5) is 26.2. The number of likely N-dealkylation sites (tertiary alicyclic amines) is 1. The van der Waals surface area contributed by atoms with E-state index in [1.54, 1.807) is 20.8 Å². The molecule has 1 aromatic carbocycles. The Kier molecular flexibility index (Phi) is 5.18. The van der Waals surface area contributed by atoms with Crippen LogP contribution < -0.4 is 5.32 Å². The minimum absolute atomic E-state index is 0.0970. The molecule has 2 rings (SSSR count). The van der Waals surface area contributed by atoms with Crippen molar-refractivity contribution in [3.8, 4) is 0 Å². The fraction of sp³-hybridized carbons (Fsp3) is 0.556. The molecule has 1 saturated heterocycles. The van der Waals surface area contributed by atoms with E-state index in [4.69, 9.17) is 4.74 Å². The number of rotatable bonds is 2. The van der Waals surface area contributed by atoms with E-state index >= 15 is 0 Å². The largest absolute Gasteiger partial charge is 0.444 e. The van der Waals surface area contributed by atoms with Crippen molar-refractivity contribution in [1.29, 1.82) is 0 Å². The summed E-state index contributed by atoms with van der Waals surface area (Å²) in [5.74, 6) is -0.314. The molecule has 0 radical (unpaired) electrons. The second-order valence-corrected chi connectivity index (χ2v) is 7.35. The van der Waals surface area contributed by atoms with Gasteiger partial charge in [0.05, 0.1) is 12.6 Å². The first-order valence-electron chi connectivity index (χ1n) is 8.12. The number of aliphatic hydroxyl groups excluding tert-OH is 1. The molecule has 0 unspecified atom stereocenters. The topological polar surface area (TPSA) is 78.9 Å². The van der Waals surface area contributed by atoms with Crippen LogP contribution in [-0.2, 0) is 9.53 Å². The Morgan fingerprint density at radius 3 is 2.58 bits per heavy atom. The highest BCUT2D eigenvalue weighted by atomic mass is 16.6. The standard InChI is InChI=1S/C18H26N2O4/c1-11-6-7-12(2)14(8-11)19-16(22)15-9-13(21)10-20(15)17(23)24-18(3,4)5/h6-8,13,15,21H,9-10H2,1-5H3,(H,19,22)/t13-,15-/m1/s1. The van der Waals surface area contributed by atoms with Crippen LogP contribution in [0.25, 0.3) is 0 Å². The molecule has 0 spiro atoms. The van der Waals surface area contributed by atoms with Gasteiger partial charge < -0.3 is 15.2 Å². The number of nitrogens with one attached hydrogen (secondary N) is 1. The fourth-order valence-corrected chi connectivity index (χ4v) is 2.67. The molecule has 2 atom stereocenters. The maximum absolute atomic E-state index is 12.6. The van der Waals surface area contributed by atoms with Crippen LogP contribution in [0.2, 0.25) is 0 Å². The summed E-state index contributed by atoms with van der Waals surface area (Å²) in [5.41, 5.74) is 2.03. The van der Waals surface area contributed by atoms with E-state index in [0.717, 1.165) is 11.1 Å². The van der Waals surface area contributed by atoms with Crippen molar-refractivity contribution in [2.45, 2.75) is 58.8 Å². The maximum atomic E-state index is 12.6. The number of hydrogen-bond donors (Lipinski definition) is 2. The molecule has 0 saturated carbocycles. The molecule has 1 aliphatic rings. The van der Waals surface area contributed by atoms with Crippen LogP contribution >= 0.6 is 0 Å². The lowest BCUT2D eigenvalue weighted by Gasteiger charge is -2.28. The Morgan fingerprint density at radius 2 is 1.96 bits per heavy atom. The normalized spacial score (nSPS) is 20.8. The van der Waals surface area contributed by atoms with Crippen LogP contribution in [0.5, 0.6) is 0 Å². The monoisotopic (exact) mass is 334 g/mol. The molecule has 1 aliphatic heterocycles. The lowest BCUT2D eigenvalue weighted by molar-refractivity contribution is -0.120. The first-order valence-corrected chi connectivity index (χ1v) is 8.12. The molecule has 2 N–H and O–H groups in total. The van der Waals surface area contributed by atoms with Gasteiger partial charge >= 0.3 is 6.09 Å². The van der Waals surface area contributed by atoms with Crippen LogP contribution in [-0.4, -0.2) is 46.3 Å². The van der Waals surface area contributed by atoms with Gasteiger partial charge in [0.15, 0.2) is 0 Å². The average molecular weight is 334 g/mol. The third-order valence-corrected chi connectivity index (χ3v) is 3.86. The van der Waals surface area contributed by atoms with E-state index in [9.17, 15) is 14.7 Å². The van der Waals surface area contributed by atoms with E-state index in [2.05, 4.69) is 5.32 Å². The average Bonchev–Trinajstić information content (AvgIpc) is 2.83. The molecule has 132 valence electrons. The molecule has 0 aliphatic carbocycles. The Labute approximate surface area is 142 Å². The van der Waals surface area contributed by atoms with Gasteiger partial charge in [-0.2, -0.15) is 0 Å². The SMILES string of the molecule is Cc1ccc(C)c(NC(=O)[C@H]2C[C@@H](O)CN2C(=O)OC(C)(C)C)c1. The van der Waals surface area contributed by atoms with Crippen molar-refractivity contribution >= 4 is 17.7 Å². The van der Waals surface area contributed by atoms with Crippen LogP contribution in [0.1, 0.15) is 38.3 Å². The number of hydrogen-bond acceptors (Lipinski definition) is 4. The molecule has 1 aromatic rings. The molecular formula is C18H26N2O4. The predicted octanol–water partition coefficient (Wildman–Crippen LogP) is 2.61. The fourth-order valence-electron chi connectivity index (χ4n) is 2.67. The second kappa shape index (κ2) is 6.81. The quantitative estimate of drug-likeness (QED) is 0.871. The highest BCUT2D eigenvalue weighted by molar-refractivity contribution is 5.97. The minimum atomic E-state index is -0.741. The highest BCUT2D eigenvalue weighted by Gasteiger charge is 2.41. The Bertz CT molecular complexity index is 636. The molecule has 1 fully saturated rings. The summed E-state index contributed by atoms with van der Waals surface area (Å²) in [6, 6.07) is 5.04. The van der Waals surface area contributed by atoms with E-state index < -0.39 is 23.8 Å². The van der Waals surface area contributed by atoms with Crippen molar-refractivity contribution in [3.63, 3.8) is 0 Å². The smallest absolute Gasteiger partial charge is 0.411 e. The van der Waals surface area contributed by atoms with Crippen LogP contribution in [0.15, 0.2) is 18.2 Å². The number of β-amino-alcohol motifs (C(OH)–C–C–N with tert-alkyl or cyclic N) is 1. The molecule has 6 heteroatoms. The zero-order chi connectivity index (χ0) is 18.1. The summed E-state index contributed by atoms with van der Waals surface area (Å²) < 4.78 is 5.34. The van der Waals surface area contributed by atoms with Gasteiger partial charge in [-0.3, -0.25) is 9.69 Å².